The van der Waals surface area contributed by atoms with Gasteiger partial charge in [-0.25, -0.2) is 9.13 Å². The van der Waals surface area contributed by atoms with Gasteiger partial charge in [-0.05, 0) is 36.4 Å². The molecule has 0 radical (unpaired) electrons. The van der Waals surface area contributed by atoms with E-state index in [0.717, 1.165) is 28.5 Å². The van der Waals surface area contributed by atoms with Crippen LogP contribution in [0.1, 0.15) is 0 Å². The van der Waals surface area contributed by atoms with Crippen LogP contribution in [-0.4, -0.2) is 16.6 Å². The van der Waals surface area contributed by atoms with Gasteiger partial charge in [0.15, 0.2) is 5.69 Å². The summed E-state index contributed by atoms with van der Waals surface area (Å²) in [6, 6.07) is 24.1. The molecule has 0 atom stereocenters. The summed E-state index contributed by atoms with van der Waals surface area (Å²) in [7, 11) is 3.55. The molecule has 0 saturated heterocycles. The van der Waals surface area contributed by atoms with Gasteiger partial charge < -0.3 is 17.4 Å². The van der Waals surface area contributed by atoms with Crippen LogP contribution in [0.25, 0.3) is 28.3 Å². The van der Waals surface area contributed by atoms with Gasteiger partial charge in [0, 0.05) is 22.7 Å². The van der Waals surface area contributed by atoms with E-state index in [2.05, 4.69) is 0 Å². The zero-order valence-electron chi connectivity index (χ0n) is 16.5. The highest BCUT2D eigenvalue weighted by molar-refractivity contribution is 7.58. The molecular formula is C23H19N3O3S. The first-order valence-electron chi connectivity index (χ1n) is 9.27. The van der Waals surface area contributed by atoms with Gasteiger partial charge >= 0.3 is 0 Å². The van der Waals surface area contributed by atoms with Crippen molar-refractivity contribution in [1.29, 1.82) is 0 Å². The van der Waals surface area contributed by atoms with Crippen LogP contribution < -0.4 is 9.30 Å². The summed E-state index contributed by atoms with van der Waals surface area (Å²) in [5.41, 5.74) is 3.33. The predicted molar refractivity (Wildman–Crippen MR) is 117 cm³/mol. The molecular weight excluding hydrogens is 398 g/mol. The second kappa shape index (κ2) is 7.96. The predicted octanol–water partition coefficient (Wildman–Crippen LogP) is 4.46. The van der Waals surface area contributed by atoms with Crippen molar-refractivity contribution < 1.29 is 14.2 Å². The smallest absolute Gasteiger partial charge is 0.292 e. The number of ether oxygens (including phenoxy) is 1. The molecule has 3 aromatic carbocycles. The standard InChI is InChI=1S/C23H19N3O3S/c1-24-21(17-9-6-10-19(15-17)26(27)28)23(30)25(18-11-13-20(29-2)14-12-18)22(24)16-7-4-3-5-8-16/h3-15H,1-2H3. The number of methoxy groups -OCH3 is 1. The molecule has 0 amide bonds. The van der Waals surface area contributed by atoms with Crippen LogP contribution in [0.2, 0.25) is 0 Å². The van der Waals surface area contributed by atoms with Gasteiger partial charge in [-0.2, -0.15) is 0 Å². The summed E-state index contributed by atoms with van der Waals surface area (Å²) in [5, 5.41) is 11.9. The molecule has 0 aliphatic rings. The summed E-state index contributed by atoms with van der Waals surface area (Å²) < 4.78 is 9.25. The number of nitrogens with zero attached hydrogens (tertiary/aromatic N) is 3. The Bertz CT molecular complexity index is 1220. The zero-order valence-corrected chi connectivity index (χ0v) is 17.3. The summed E-state index contributed by atoms with van der Waals surface area (Å²) in [5.74, 6) is 1.63. The minimum atomic E-state index is -0.398. The van der Waals surface area contributed by atoms with Crippen molar-refractivity contribution in [3.63, 3.8) is 0 Å². The van der Waals surface area contributed by atoms with Gasteiger partial charge in [0.1, 0.15) is 11.4 Å². The highest BCUT2D eigenvalue weighted by Gasteiger charge is 2.27. The number of hydrogen-bond acceptors (Lipinski definition) is 4. The summed E-state index contributed by atoms with van der Waals surface area (Å²) in [4.78, 5) is 10.9. The summed E-state index contributed by atoms with van der Waals surface area (Å²) >= 11 is 5.88. The molecule has 0 saturated carbocycles. The van der Waals surface area contributed by atoms with Crippen LogP contribution in [-0.2, 0) is 19.7 Å². The normalized spacial score (nSPS) is 10.7. The van der Waals surface area contributed by atoms with Gasteiger partial charge in [0.2, 0.25) is 0 Å². The van der Waals surface area contributed by atoms with Crippen molar-refractivity contribution in [2.75, 3.05) is 7.11 Å². The molecule has 0 aliphatic carbocycles. The number of nitro groups is 1. The molecule has 0 unspecified atom stereocenters. The van der Waals surface area contributed by atoms with Gasteiger partial charge in [0.05, 0.1) is 24.6 Å². The molecule has 7 heteroatoms. The number of imidazole rings is 1. The van der Waals surface area contributed by atoms with Crippen molar-refractivity contribution >= 4 is 18.3 Å². The van der Waals surface area contributed by atoms with Crippen LogP contribution in [0.4, 0.5) is 5.69 Å². The Morgan fingerprint density at radius 1 is 0.967 bits per heavy atom. The molecule has 0 bridgehead atoms. The quantitative estimate of drug-likeness (QED) is 0.208. The fourth-order valence-corrected chi connectivity index (χ4v) is 4.01. The number of non-ortho nitro benzene ring substituents is 1. The number of benzene rings is 3. The second-order valence-corrected chi connectivity index (χ2v) is 7.13. The Kier molecular flexibility index (Phi) is 5.20. The van der Waals surface area contributed by atoms with Crippen molar-refractivity contribution in [1.82, 2.24) is 4.57 Å². The number of hydrogen-bond donors (Lipinski definition) is 0. The number of aromatic nitrogens is 2. The molecule has 0 N–H and O–H groups in total. The molecule has 0 spiro atoms. The average molecular weight is 417 g/mol. The van der Waals surface area contributed by atoms with E-state index in [1.165, 1.54) is 6.07 Å². The third-order valence-corrected chi connectivity index (χ3v) is 5.34. The Hall–Kier alpha value is -3.71. The minimum absolute atomic E-state index is 0.0281. The second-order valence-electron chi connectivity index (χ2n) is 6.74. The van der Waals surface area contributed by atoms with Crippen LogP contribution in [0.3, 0.4) is 0 Å². The fourth-order valence-electron chi connectivity index (χ4n) is 3.57. The van der Waals surface area contributed by atoms with E-state index in [1.807, 2.05) is 76.8 Å². The van der Waals surface area contributed by atoms with Crippen molar-refractivity contribution in [3.05, 3.63) is 89.0 Å². The lowest BCUT2D eigenvalue weighted by molar-refractivity contribution is -0.649. The van der Waals surface area contributed by atoms with Gasteiger partial charge in [-0.15, -0.1) is 0 Å². The van der Waals surface area contributed by atoms with Crippen LogP contribution in [0.5, 0.6) is 5.75 Å². The Morgan fingerprint density at radius 3 is 2.27 bits per heavy atom. The fraction of sp³-hybridized carbons (Fsp3) is 0.0870. The number of nitro benzene ring substituents is 1. The third kappa shape index (κ3) is 3.40. The van der Waals surface area contributed by atoms with Gasteiger partial charge in [-0.3, -0.25) is 10.1 Å². The van der Waals surface area contributed by atoms with E-state index in [0.29, 0.717) is 10.6 Å². The number of rotatable bonds is 5. The van der Waals surface area contributed by atoms with Gasteiger partial charge in [0.25, 0.3) is 11.5 Å². The molecule has 4 aromatic rings. The molecule has 30 heavy (non-hydrogen) atoms. The van der Waals surface area contributed by atoms with E-state index < -0.39 is 4.92 Å². The highest BCUT2D eigenvalue weighted by Crippen LogP contribution is 2.32. The molecule has 0 fully saturated rings. The maximum Gasteiger partial charge on any atom is 0.292 e. The average Bonchev–Trinajstić information content (AvgIpc) is 3.04. The van der Waals surface area contributed by atoms with Crippen LogP contribution in [0, 0.1) is 10.1 Å². The first kappa shape index (κ1) is 19.6. The molecule has 6 nitrogen and oxygen atoms in total. The topological polar surface area (TPSA) is 61.2 Å². The third-order valence-electron chi connectivity index (χ3n) is 4.96. The molecule has 0 aliphatic heterocycles. The zero-order chi connectivity index (χ0) is 21.3. The lowest BCUT2D eigenvalue weighted by Gasteiger charge is -2.09. The molecule has 1 aromatic heterocycles. The van der Waals surface area contributed by atoms with E-state index in [4.69, 9.17) is 17.4 Å². The van der Waals surface area contributed by atoms with Crippen molar-refractivity contribution in [2.24, 2.45) is 7.05 Å². The Labute approximate surface area is 179 Å². The first-order chi connectivity index (χ1) is 14.5. The van der Waals surface area contributed by atoms with E-state index in [-0.39, 0.29) is 5.69 Å². The highest BCUT2D eigenvalue weighted by atomic mass is 32.1. The molecule has 4 rings (SSSR count). The lowest BCUT2D eigenvalue weighted by atomic mass is 10.1. The monoisotopic (exact) mass is 417 g/mol. The summed E-state index contributed by atoms with van der Waals surface area (Å²) in [6.07, 6.45) is 0. The molecule has 1 heterocycles. The van der Waals surface area contributed by atoms with E-state index in [9.17, 15) is 10.1 Å². The maximum atomic E-state index is 11.3. The van der Waals surface area contributed by atoms with Gasteiger partial charge in [-0.1, -0.05) is 30.3 Å². The van der Waals surface area contributed by atoms with E-state index >= 15 is 0 Å². The lowest BCUT2D eigenvalue weighted by Crippen LogP contribution is -2.32. The molecule has 150 valence electrons. The minimum Gasteiger partial charge on any atom is -0.733 e. The SMILES string of the molecule is COc1ccc(-n2c([S-])c(-c3cccc([N+](=O)[O-])c3)[n+](C)c2-c2ccccc2)cc1. The van der Waals surface area contributed by atoms with Crippen molar-refractivity contribution in [3.8, 4) is 34.1 Å². The maximum absolute atomic E-state index is 11.3. The largest absolute Gasteiger partial charge is 0.733 e. The van der Waals surface area contributed by atoms with Crippen LogP contribution >= 0.6 is 0 Å². The van der Waals surface area contributed by atoms with Crippen LogP contribution in [0.15, 0.2) is 83.9 Å². The van der Waals surface area contributed by atoms with E-state index in [1.54, 1.807) is 19.2 Å². The van der Waals surface area contributed by atoms with Crippen molar-refractivity contribution in [2.45, 2.75) is 5.03 Å². The Balaban J connectivity index is 2.00. The summed E-state index contributed by atoms with van der Waals surface area (Å²) in [6.45, 7) is 0. The Morgan fingerprint density at radius 2 is 1.63 bits per heavy atom. The first-order valence-corrected chi connectivity index (χ1v) is 9.68.